The quantitative estimate of drug-likeness (QED) is 0.588. The van der Waals surface area contributed by atoms with Gasteiger partial charge in [0.2, 0.25) is 0 Å². The summed E-state index contributed by atoms with van der Waals surface area (Å²) in [6, 6.07) is 15.6. The van der Waals surface area contributed by atoms with Crippen LogP contribution in [0, 0.1) is 0 Å². The summed E-state index contributed by atoms with van der Waals surface area (Å²) >= 11 is 0. The van der Waals surface area contributed by atoms with Crippen LogP contribution in [-0.2, 0) is 14.3 Å². The fourth-order valence-corrected chi connectivity index (χ4v) is 3.64. The number of hydrogen-bond acceptors (Lipinski definition) is 4. The lowest BCUT2D eigenvalue weighted by atomic mass is 9.98. The van der Waals surface area contributed by atoms with Crippen LogP contribution >= 0.6 is 0 Å². The van der Waals surface area contributed by atoms with Gasteiger partial charge in [0.25, 0.3) is 0 Å². The molecular formula is C23H27NO5. The van der Waals surface area contributed by atoms with Gasteiger partial charge in [0, 0.05) is 12.5 Å². The Kier molecular flexibility index (Phi) is 7.25. The Balaban J connectivity index is 1.60. The van der Waals surface area contributed by atoms with Crippen molar-refractivity contribution >= 4 is 12.1 Å². The number of alkyl carbamates (subject to hydrolysis) is 1. The van der Waals surface area contributed by atoms with Gasteiger partial charge in [-0.25, -0.2) is 4.79 Å². The molecule has 6 heteroatoms. The van der Waals surface area contributed by atoms with Crippen LogP contribution in [0.25, 0.3) is 11.1 Å². The van der Waals surface area contributed by atoms with Gasteiger partial charge in [0.05, 0.1) is 19.1 Å². The molecular weight excluding hydrogens is 370 g/mol. The zero-order chi connectivity index (χ0) is 20.6. The fraction of sp³-hybridized carbons (Fsp3) is 0.391. The van der Waals surface area contributed by atoms with Gasteiger partial charge in [-0.2, -0.15) is 0 Å². The molecule has 0 saturated heterocycles. The van der Waals surface area contributed by atoms with Gasteiger partial charge in [-0.15, -0.1) is 0 Å². The van der Waals surface area contributed by atoms with Crippen molar-refractivity contribution < 1.29 is 24.2 Å². The van der Waals surface area contributed by atoms with Gasteiger partial charge in [-0.1, -0.05) is 61.9 Å². The minimum absolute atomic E-state index is 0.0353. The predicted molar refractivity (Wildman–Crippen MR) is 110 cm³/mol. The highest BCUT2D eigenvalue weighted by atomic mass is 16.5. The van der Waals surface area contributed by atoms with E-state index in [0.29, 0.717) is 6.61 Å². The van der Waals surface area contributed by atoms with Gasteiger partial charge in [-0.3, -0.25) is 4.79 Å². The molecule has 2 aromatic rings. The van der Waals surface area contributed by atoms with Crippen LogP contribution in [0.4, 0.5) is 4.79 Å². The van der Waals surface area contributed by atoms with E-state index in [4.69, 9.17) is 14.6 Å². The topological polar surface area (TPSA) is 84.9 Å². The number of nitrogens with one attached hydrogen (secondary N) is 1. The van der Waals surface area contributed by atoms with E-state index in [2.05, 4.69) is 29.6 Å². The van der Waals surface area contributed by atoms with E-state index in [-0.39, 0.29) is 25.6 Å². The van der Waals surface area contributed by atoms with Crippen molar-refractivity contribution in [1.82, 2.24) is 5.32 Å². The Labute approximate surface area is 170 Å². The maximum Gasteiger partial charge on any atom is 0.407 e. The van der Waals surface area contributed by atoms with Crippen molar-refractivity contribution in [2.45, 2.75) is 38.1 Å². The lowest BCUT2D eigenvalue weighted by molar-refractivity contribution is -0.137. The fourth-order valence-electron chi connectivity index (χ4n) is 3.64. The molecule has 0 spiro atoms. The molecule has 2 aromatic carbocycles. The van der Waals surface area contributed by atoms with Crippen molar-refractivity contribution in [3.8, 4) is 11.1 Å². The number of ether oxygens (including phenoxy) is 2. The highest BCUT2D eigenvalue weighted by Gasteiger charge is 2.29. The van der Waals surface area contributed by atoms with E-state index < -0.39 is 18.1 Å². The van der Waals surface area contributed by atoms with Crippen molar-refractivity contribution in [2.75, 3.05) is 19.8 Å². The number of fused-ring (bicyclic) bond motifs is 3. The van der Waals surface area contributed by atoms with Crippen LogP contribution in [0.3, 0.4) is 0 Å². The molecule has 154 valence electrons. The molecule has 1 aliphatic carbocycles. The first-order valence-corrected chi connectivity index (χ1v) is 10.0. The first kappa shape index (κ1) is 20.9. The molecule has 3 rings (SSSR count). The summed E-state index contributed by atoms with van der Waals surface area (Å²) in [6.45, 7) is 2.93. The number of unbranched alkanes of at least 4 members (excludes halogenated alkanes) is 1. The lowest BCUT2D eigenvalue weighted by Crippen LogP contribution is -2.40. The van der Waals surface area contributed by atoms with E-state index in [9.17, 15) is 9.59 Å². The molecule has 0 bridgehead atoms. The Hall–Kier alpha value is -2.86. The Morgan fingerprint density at radius 3 is 2.28 bits per heavy atom. The third-order valence-electron chi connectivity index (χ3n) is 5.05. The largest absolute Gasteiger partial charge is 0.481 e. The molecule has 0 saturated carbocycles. The number of carboxylic acids is 1. The number of carbonyl (C=O) groups excluding carboxylic acids is 1. The molecule has 0 fully saturated rings. The van der Waals surface area contributed by atoms with Crippen LogP contribution in [0.15, 0.2) is 48.5 Å². The third kappa shape index (κ3) is 5.35. The summed E-state index contributed by atoms with van der Waals surface area (Å²) in [4.78, 5) is 23.4. The van der Waals surface area contributed by atoms with Crippen molar-refractivity contribution in [1.29, 1.82) is 0 Å². The molecule has 0 aromatic heterocycles. The average Bonchev–Trinajstić information content (AvgIpc) is 3.03. The molecule has 0 unspecified atom stereocenters. The van der Waals surface area contributed by atoms with Crippen LogP contribution in [0.5, 0.6) is 0 Å². The van der Waals surface area contributed by atoms with E-state index >= 15 is 0 Å². The molecule has 0 heterocycles. The maximum absolute atomic E-state index is 12.3. The lowest BCUT2D eigenvalue weighted by Gasteiger charge is -2.19. The number of carboxylic acid groups (broad SMARTS) is 1. The molecule has 0 aliphatic heterocycles. The van der Waals surface area contributed by atoms with Crippen molar-refractivity contribution in [3.05, 3.63) is 59.7 Å². The van der Waals surface area contributed by atoms with Gasteiger partial charge < -0.3 is 19.9 Å². The monoisotopic (exact) mass is 397 g/mol. The summed E-state index contributed by atoms with van der Waals surface area (Å²) < 4.78 is 11.0. The molecule has 0 radical (unpaired) electrons. The molecule has 1 aliphatic rings. The number of hydrogen-bond donors (Lipinski definition) is 2. The van der Waals surface area contributed by atoms with E-state index in [0.717, 1.165) is 35.1 Å². The number of benzene rings is 2. The maximum atomic E-state index is 12.3. The molecule has 1 amide bonds. The minimum Gasteiger partial charge on any atom is -0.481 e. The average molecular weight is 397 g/mol. The van der Waals surface area contributed by atoms with Gasteiger partial charge >= 0.3 is 12.1 Å². The highest BCUT2D eigenvalue weighted by Crippen LogP contribution is 2.44. The Morgan fingerprint density at radius 1 is 1.07 bits per heavy atom. The SMILES string of the molecule is CCCCOC[C@H](CC(=O)O)NC(=O)OCC1c2ccccc2-c2ccccc21. The van der Waals surface area contributed by atoms with Gasteiger partial charge in [0.15, 0.2) is 0 Å². The van der Waals surface area contributed by atoms with Crippen LogP contribution < -0.4 is 5.32 Å². The smallest absolute Gasteiger partial charge is 0.407 e. The number of amides is 1. The second-order valence-electron chi connectivity index (χ2n) is 7.19. The first-order valence-electron chi connectivity index (χ1n) is 10.0. The highest BCUT2D eigenvalue weighted by molar-refractivity contribution is 5.79. The summed E-state index contributed by atoms with van der Waals surface area (Å²) in [7, 11) is 0. The van der Waals surface area contributed by atoms with Crippen molar-refractivity contribution in [3.63, 3.8) is 0 Å². The van der Waals surface area contributed by atoms with E-state index in [1.54, 1.807) is 0 Å². The standard InChI is InChI=1S/C23H27NO5/c1-2-3-12-28-14-16(13-22(25)26)24-23(27)29-15-21-19-10-6-4-8-17(19)18-9-5-7-11-20(18)21/h4-11,16,21H,2-3,12-15H2,1H3,(H,24,27)(H,25,26)/t16-/m0/s1. The van der Waals surface area contributed by atoms with Crippen LogP contribution in [0.2, 0.25) is 0 Å². The first-order chi connectivity index (χ1) is 14.1. The number of carbonyl (C=O) groups is 2. The van der Waals surface area contributed by atoms with Gasteiger partial charge in [-0.05, 0) is 28.7 Å². The normalized spacial score (nSPS) is 13.4. The molecule has 29 heavy (non-hydrogen) atoms. The number of rotatable bonds is 10. The second kappa shape index (κ2) is 10.1. The van der Waals surface area contributed by atoms with E-state index in [1.807, 2.05) is 31.2 Å². The zero-order valence-electron chi connectivity index (χ0n) is 16.6. The van der Waals surface area contributed by atoms with Crippen LogP contribution in [-0.4, -0.2) is 43.0 Å². The summed E-state index contributed by atoms with van der Waals surface area (Å²) in [5, 5.41) is 11.7. The van der Waals surface area contributed by atoms with Crippen LogP contribution in [0.1, 0.15) is 43.2 Å². The van der Waals surface area contributed by atoms with Crippen molar-refractivity contribution in [2.24, 2.45) is 0 Å². The third-order valence-corrected chi connectivity index (χ3v) is 5.05. The zero-order valence-corrected chi connectivity index (χ0v) is 16.6. The Bertz CT molecular complexity index is 805. The molecule has 6 nitrogen and oxygen atoms in total. The number of aliphatic carboxylic acids is 1. The molecule has 2 N–H and O–H groups in total. The van der Waals surface area contributed by atoms with Gasteiger partial charge in [0.1, 0.15) is 6.61 Å². The summed E-state index contributed by atoms with van der Waals surface area (Å²) in [6.07, 6.45) is 1.04. The predicted octanol–water partition coefficient (Wildman–Crippen LogP) is 4.19. The summed E-state index contributed by atoms with van der Waals surface area (Å²) in [5.74, 6) is -1.03. The van der Waals surface area contributed by atoms with E-state index in [1.165, 1.54) is 0 Å². The summed E-state index contributed by atoms with van der Waals surface area (Å²) in [5.41, 5.74) is 4.58. The molecule has 1 atom stereocenters. The second-order valence-corrected chi connectivity index (χ2v) is 7.19. The minimum atomic E-state index is -0.993. The Morgan fingerprint density at radius 2 is 1.69 bits per heavy atom.